The van der Waals surface area contributed by atoms with Crippen molar-refractivity contribution in [1.29, 1.82) is 0 Å². The molecule has 1 aromatic rings. The quantitative estimate of drug-likeness (QED) is 0.146. The number of nitrogens with two attached hydrogens (primary N) is 1. The summed E-state index contributed by atoms with van der Waals surface area (Å²) in [5.74, 6) is -0.105. The molecule has 3 N–H and O–H groups in total. The molecule has 0 aromatic carbocycles. The minimum atomic E-state index is -0.774. The van der Waals surface area contributed by atoms with Crippen LogP contribution in [0.2, 0.25) is 0 Å². The van der Waals surface area contributed by atoms with Crippen molar-refractivity contribution < 1.29 is 19.1 Å². The third kappa shape index (κ3) is 16.0. The lowest BCUT2D eigenvalue weighted by Gasteiger charge is -2.16. The van der Waals surface area contributed by atoms with E-state index in [0.29, 0.717) is 12.2 Å². The molecule has 1 aliphatic heterocycles. The summed E-state index contributed by atoms with van der Waals surface area (Å²) >= 11 is 1.43. The summed E-state index contributed by atoms with van der Waals surface area (Å²) in [5, 5.41) is 2.67. The summed E-state index contributed by atoms with van der Waals surface area (Å²) in [6.45, 7) is 3.74. The first-order valence-corrected chi connectivity index (χ1v) is 15.9. The maximum atomic E-state index is 12.3. The summed E-state index contributed by atoms with van der Waals surface area (Å²) in [6, 6.07) is 0.749. The van der Waals surface area contributed by atoms with Crippen LogP contribution >= 0.6 is 11.8 Å². The number of nitrogen functional groups attached to an aromatic ring is 1. The van der Waals surface area contributed by atoms with E-state index in [1.54, 1.807) is 6.92 Å². The van der Waals surface area contributed by atoms with Gasteiger partial charge in [0.2, 0.25) is 5.91 Å². The lowest BCUT2D eigenvalue weighted by molar-refractivity contribution is -0.150. The Labute approximate surface area is 259 Å². The Morgan fingerprint density at radius 2 is 1.58 bits per heavy atom. The van der Waals surface area contributed by atoms with Crippen molar-refractivity contribution >= 4 is 29.5 Å². The zero-order chi connectivity index (χ0) is 31.1. The van der Waals surface area contributed by atoms with E-state index in [1.165, 1.54) is 28.6 Å². The van der Waals surface area contributed by atoms with Crippen molar-refractivity contribution in [3.63, 3.8) is 0 Å². The summed E-state index contributed by atoms with van der Waals surface area (Å²) in [5.41, 5.74) is 4.60. The second-order valence-electron chi connectivity index (χ2n) is 9.77. The molecule has 9 nitrogen and oxygen atoms in total. The fourth-order valence-corrected chi connectivity index (χ4v) is 4.81. The van der Waals surface area contributed by atoms with Crippen LogP contribution < -0.4 is 16.7 Å². The van der Waals surface area contributed by atoms with E-state index in [2.05, 4.69) is 78.0 Å². The van der Waals surface area contributed by atoms with Gasteiger partial charge < -0.3 is 20.5 Å². The third-order valence-corrected chi connectivity index (χ3v) is 7.22. The summed E-state index contributed by atoms with van der Waals surface area (Å²) < 4.78 is 12.5. The molecule has 0 spiro atoms. The Balaban J connectivity index is 1.50. The zero-order valence-corrected chi connectivity index (χ0v) is 26.1. The number of nitrogens with zero attached hydrogens (tertiary/aromatic N) is 2. The molecular weight excluding hydrogens is 564 g/mol. The second kappa shape index (κ2) is 22.0. The van der Waals surface area contributed by atoms with Crippen molar-refractivity contribution in [2.75, 3.05) is 18.1 Å². The number of esters is 1. The van der Waals surface area contributed by atoms with Gasteiger partial charge in [0.15, 0.2) is 0 Å². The van der Waals surface area contributed by atoms with E-state index in [-0.39, 0.29) is 24.8 Å². The number of allylic oxidation sites excluding steroid dienone is 12. The lowest BCUT2D eigenvalue weighted by atomic mass is 10.2. The summed E-state index contributed by atoms with van der Waals surface area (Å²) in [6.07, 6.45) is 33.3. The molecule has 0 radical (unpaired) electrons. The van der Waals surface area contributed by atoms with Gasteiger partial charge >= 0.3 is 11.7 Å². The molecule has 1 amide bonds. The van der Waals surface area contributed by atoms with E-state index in [9.17, 15) is 14.4 Å². The molecule has 10 heteroatoms. The molecular formula is C33H46N4O5S. The van der Waals surface area contributed by atoms with Crippen molar-refractivity contribution in [1.82, 2.24) is 14.9 Å². The molecule has 0 saturated carbocycles. The van der Waals surface area contributed by atoms with Gasteiger partial charge in [-0.25, -0.2) is 9.59 Å². The van der Waals surface area contributed by atoms with Gasteiger partial charge in [-0.05, 0) is 57.9 Å². The highest BCUT2D eigenvalue weighted by Crippen LogP contribution is 2.31. The minimum absolute atomic E-state index is 0.00982. The molecule has 1 aliphatic rings. The number of carbonyl (C=O) groups is 2. The molecule has 2 heterocycles. The Morgan fingerprint density at radius 3 is 2.14 bits per heavy atom. The number of thioether (sulfide) groups is 1. The minimum Gasteiger partial charge on any atom is -0.460 e. The molecule has 1 fully saturated rings. The molecule has 43 heavy (non-hydrogen) atoms. The van der Waals surface area contributed by atoms with Gasteiger partial charge in [-0.3, -0.25) is 9.36 Å². The standard InChI is InChI=1S/C33H46N4O5S/c1-3-4-5-6-7-8-9-10-11-12-13-14-15-16-17-18-19-20-21-22-29(38)35-27(2)32(39)41-25-31-42-30(26-43-31)37-24-23-28(34)36-33(37)40/h4-5,7-8,10-11,13-14,16-17,19-20,23-24,27,30-31H,3,6,9,12,15,18,21-22,25-26H2,1-2H3,(H,35,38)(H2,34,36,40)/t27?,30-,31+/m0/s1. The second-order valence-corrected chi connectivity index (χ2v) is 11.0. The van der Waals surface area contributed by atoms with E-state index >= 15 is 0 Å². The Morgan fingerprint density at radius 1 is 1.02 bits per heavy atom. The Kier molecular flexibility index (Phi) is 18.2. The fourth-order valence-electron chi connectivity index (χ4n) is 3.82. The van der Waals surface area contributed by atoms with Crippen LogP contribution in [0.15, 0.2) is 90.0 Å². The number of hydrogen-bond acceptors (Lipinski definition) is 8. The van der Waals surface area contributed by atoms with Crippen molar-refractivity contribution in [2.24, 2.45) is 0 Å². The number of ether oxygens (including phenoxy) is 2. The normalized spacial score (nSPS) is 18.3. The fraction of sp³-hybridized carbons (Fsp3) is 0.455. The van der Waals surface area contributed by atoms with Crippen LogP contribution in [0.3, 0.4) is 0 Å². The number of aromatic nitrogens is 2. The Bertz CT molecular complexity index is 1220. The van der Waals surface area contributed by atoms with Crippen molar-refractivity contribution in [2.45, 2.75) is 82.9 Å². The average Bonchev–Trinajstić information content (AvgIpc) is 3.45. The van der Waals surface area contributed by atoms with Crippen LogP contribution in [0.25, 0.3) is 0 Å². The first kappa shape index (κ1) is 35.6. The SMILES string of the molecule is CCC=CCC=CCC=CCC=CCC=CCC=CCCC(=O)NC(C)C(=O)OC[C@@H]1O[C@H](n2ccc(N)nc2=O)CS1. The number of carbonyl (C=O) groups excluding carboxylic acids is 2. The maximum absolute atomic E-state index is 12.3. The van der Waals surface area contributed by atoms with Gasteiger partial charge in [-0.2, -0.15) is 4.98 Å². The largest absolute Gasteiger partial charge is 0.460 e. The zero-order valence-electron chi connectivity index (χ0n) is 25.3. The molecule has 1 saturated heterocycles. The highest BCUT2D eigenvalue weighted by Gasteiger charge is 2.29. The van der Waals surface area contributed by atoms with Crippen molar-refractivity contribution in [3.05, 3.63) is 95.7 Å². The number of nitrogens with one attached hydrogen (secondary N) is 1. The predicted octanol–water partition coefficient (Wildman–Crippen LogP) is 5.94. The highest BCUT2D eigenvalue weighted by atomic mass is 32.2. The van der Waals surface area contributed by atoms with Crippen LogP contribution in [-0.2, 0) is 19.1 Å². The maximum Gasteiger partial charge on any atom is 0.351 e. The first-order chi connectivity index (χ1) is 20.9. The number of hydrogen-bond donors (Lipinski definition) is 2. The van der Waals surface area contributed by atoms with Gasteiger partial charge in [0.05, 0.1) is 0 Å². The third-order valence-electron chi connectivity index (χ3n) is 6.12. The number of anilines is 1. The molecule has 0 aliphatic carbocycles. The van der Waals surface area contributed by atoms with Gasteiger partial charge in [-0.1, -0.05) is 79.8 Å². The van der Waals surface area contributed by atoms with Crippen molar-refractivity contribution in [3.8, 4) is 0 Å². The smallest absolute Gasteiger partial charge is 0.351 e. The molecule has 2 rings (SSSR count). The van der Waals surface area contributed by atoms with Crippen LogP contribution in [0.5, 0.6) is 0 Å². The number of amides is 1. The molecule has 234 valence electrons. The highest BCUT2D eigenvalue weighted by molar-refractivity contribution is 8.00. The monoisotopic (exact) mass is 610 g/mol. The van der Waals surface area contributed by atoms with Crippen LogP contribution in [0.1, 0.15) is 71.4 Å². The van der Waals surface area contributed by atoms with E-state index in [0.717, 1.165) is 38.5 Å². The summed E-state index contributed by atoms with van der Waals surface area (Å²) in [4.78, 5) is 40.2. The van der Waals surface area contributed by atoms with Crippen LogP contribution in [0.4, 0.5) is 5.82 Å². The molecule has 0 bridgehead atoms. The van der Waals surface area contributed by atoms with Crippen LogP contribution in [0, 0.1) is 0 Å². The lowest BCUT2D eigenvalue weighted by Crippen LogP contribution is -2.40. The molecule has 3 atom stereocenters. The van der Waals surface area contributed by atoms with E-state index in [1.807, 2.05) is 12.2 Å². The van der Waals surface area contributed by atoms with E-state index < -0.39 is 29.4 Å². The predicted molar refractivity (Wildman–Crippen MR) is 175 cm³/mol. The van der Waals surface area contributed by atoms with Gasteiger partial charge in [-0.15, -0.1) is 11.8 Å². The molecule has 1 aromatic heterocycles. The van der Waals surface area contributed by atoms with Gasteiger partial charge in [0.25, 0.3) is 0 Å². The topological polar surface area (TPSA) is 126 Å². The molecule has 1 unspecified atom stereocenters. The summed E-state index contributed by atoms with van der Waals surface area (Å²) in [7, 11) is 0. The van der Waals surface area contributed by atoms with E-state index in [4.69, 9.17) is 15.2 Å². The Hall–Kier alpha value is -3.63. The van der Waals surface area contributed by atoms with Gasteiger partial charge in [0.1, 0.15) is 30.1 Å². The first-order valence-electron chi connectivity index (χ1n) is 14.9. The van der Waals surface area contributed by atoms with Crippen LogP contribution in [-0.4, -0.2) is 45.3 Å². The number of rotatable bonds is 19. The van der Waals surface area contributed by atoms with Gasteiger partial charge in [0, 0.05) is 18.4 Å². The average molecular weight is 611 g/mol.